The molecule has 0 radical (unpaired) electrons. The maximum absolute atomic E-state index is 12.5. The number of aryl methyl sites for hydroxylation is 1. The van der Waals surface area contributed by atoms with Crippen LogP contribution in [0.5, 0.6) is 5.75 Å². The molecule has 1 aromatic carbocycles. The molecule has 3 heterocycles. The van der Waals surface area contributed by atoms with Crippen LogP contribution in [0.3, 0.4) is 0 Å². The van der Waals surface area contributed by atoms with Crippen molar-refractivity contribution in [3.8, 4) is 5.75 Å². The van der Waals surface area contributed by atoms with Crippen LogP contribution in [0.15, 0.2) is 53.2 Å². The average molecular weight is 460 g/mol. The Kier molecular flexibility index (Phi) is 6.01. The third-order valence-corrected chi connectivity index (χ3v) is 5.32. The van der Waals surface area contributed by atoms with Crippen LogP contribution < -0.4 is 10.1 Å². The lowest BCUT2D eigenvalue weighted by Gasteiger charge is -2.06. The smallest absolute Gasteiger partial charge is 0.291 e. The summed E-state index contributed by atoms with van der Waals surface area (Å²) in [6.07, 6.45) is 3.19. The van der Waals surface area contributed by atoms with Crippen molar-refractivity contribution in [1.82, 2.24) is 19.6 Å². The van der Waals surface area contributed by atoms with E-state index in [1.165, 1.54) is 6.20 Å². The number of anilines is 1. The van der Waals surface area contributed by atoms with E-state index < -0.39 is 0 Å². The molecule has 160 valence electrons. The highest BCUT2D eigenvalue weighted by Gasteiger charge is 2.15. The summed E-state index contributed by atoms with van der Waals surface area (Å²) in [5.74, 6) is 1.03. The van der Waals surface area contributed by atoms with Crippen LogP contribution in [-0.4, -0.2) is 25.5 Å². The van der Waals surface area contributed by atoms with Gasteiger partial charge < -0.3 is 14.5 Å². The highest BCUT2D eigenvalue weighted by molar-refractivity contribution is 6.31. The molecular weight excluding hydrogens is 441 g/mol. The number of rotatable bonds is 7. The van der Waals surface area contributed by atoms with Crippen molar-refractivity contribution < 1.29 is 13.9 Å². The predicted molar refractivity (Wildman–Crippen MR) is 117 cm³/mol. The number of halogens is 2. The van der Waals surface area contributed by atoms with Gasteiger partial charge in [0.2, 0.25) is 0 Å². The number of benzene rings is 1. The van der Waals surface area contributed by atoms with Gasteiger partial charge in [-0.25, -0.2) is 4.68 Å². The molecule has 0 aliphatic rings. The Morgan fingerprint density at radius 3 is 2.81 bits per heavy atom. The van der Waals surface area contributed by atoms with Gasteiger partial charge in [-0.2, -0.15) is 10.2 Å². The molecule has 1 amide bonds. The van der Waals surface area contributed by atoms with Crippen LogP contribution in [0.1, 0.15) is 27.7 Å². The van der Waals surface area contributed by atoms with Gasteiger partial charge in [0.05, 0.1) is 41.0 Å². The Labute approximate surface area is 188 Å². The molecule has 0 unspecified atom stereocenters. The molecule has 0 aliphatic carbocycles. The molecule has 1 N–H and O–H groups in total. The topological polar surface area (TPSA) is 87.1 Å². The number of hydrogen-bond donors (Lipinski definition) is 1. The van der Waals surface area contributed by atoms with Gasteiger partial charge in [-0.3, -0.25) is 9.48 Å². The van der Waals surface area contributed by atoms with Gasteiger partial charge in [-0.1, -0.05) is 29.3 Å². The van der Waals surface area contributed by atoms with Gasteiger partial charge in [0, 0.05) is 5.02 Å². The Hall–Kier alpha value is -3.23. The van der Waals surface area contributed by atoms with Crippen molar-refractivity contribution in [3.05, 3.63) is 81.7 Å². The first kappa shape index (κ1) is 21.0. The van der Waals surface area contributed by atoms with E-state index in [1.807, 2.05) is 13.8 Å². The molecule has 10 heteroatoms. The van der Waals surface area contributed by atoms with Gasteiger partial charge in [-0.05, 0) is 44.2 Å². The van der Waals surface area contributed by atoms with Gasteiger partial charge in [-0.15, -0.1) is 0 Å². The van der Waals surface area contributed by atoms with Crippen LogP contribution >= 0.6 is 23.2 Å². The molecule has 0 atom stereocenters. The van der Waals surface area contributed by atoms with Crippen LogP contribution in [0.25, 0.3) is 0 Å². The molecule has 0 fully saturated rings. The van der Waals surface area contributed by atoms with E-state index in [0.717, 1.165) is 11.4 Å². The van der Waals surface area contributed by atoms with Crippen LogP contribution in [0.4, 0.5) is 5.69 Å². The molecule has 0 saturated heterocycles. The third kappa shape index (κ3) is 4.92. The normalized spacial score (nSPS) is 11.0. The van der Waals surface area contributed by atoms with E-state index >= 15 is 0 Å². The summed E-state index contributed by atoms with van der Waals surface area (Å²) in [5, 5.41) is 12.5. The van der Waals surface area contributed by atoms with Gasteiger partial charge in [0.1, 0.15) is 11.5 Å². The standard InChI is InChI=1S/C21H19Cl2N5O3/c1-13-20(23)14(2)28(26-13)11-18-6-7-19(31-18)21(29)25-16-9-24-27(10-16)12-30-17-5-3-4-15(22)8-17/h3-10H,11-12H2,1-2H3,(H,25,29). The number of ether oxygens (including phenoxy) is 1. The van der Waals surface area contributed by atoms with Crippen LogP contribution in [0, 0.1) is 13.8 Å². The fourth-order valence-electron chi connectivity index (χ4n) is 2.95. The van der Waals surface area contributed by atoms with Gasteiger partial charge in [0.25, 0.3) is 5.91 Å². The molecule has 8 nitrogen and oxygen atoms in total. The van der Waals surface area contributed by atoms with E-state index in [0.29, 0.717) is 33.8 Å². The maximum atomic E-state index is 12.5. The molecule has 3 aromatic heterocycles. The van der Waals surface area contributed by atoms with Crippen LogP contribution in [0.2, 0.25) is 10.0 Å². The lowest BCUT2D eigenvalue weighted by molar-refractivity contribution is 0.0994. The summed E-state index contributed by atoms with van der Waals surface area (Å²) >= 11 is 12.1. The Balaban J connectivity index is 1.35. The zero-order chi connectivity index (χ0) is 22.0. The SMILES string of the molecule is Cc1nn(Cc2ccc(C(=O)Nc3cnn(COc4cccc(Cl)c4)c3)o2)c(C)c1Cl. The largest absolute Gasteiger partial charge is 0.471 e. The molecule has 0 aliphatic heterocycles. The molecule has 31 heavy (non-hydrogen) atoms. The number of nitrogens with one attached hydrogen (secondary N) is 1. The van der Waals surface area contributed by atoms with E-state index in [1.54, 1.807) is 52.0 Å². The van der Waals surface area contributed by atoms with Crippen molar-refractivity contribution in [2.24, 2.45) is 0 Å². The number of carbonyl (C=O) groups excluding carboxylic acids is 1. The summed E-state index contributed by atoms with van der Waals surface area (Å²) in [5.41, 5.74) is 2.11. The van der Waals surface area contributed by atoms with Gasteiger partial charge >= 0.3 is 0 Å². The highest BCUT2D eigenvalue weighted by Crippen LogP contribution is 2.21. The molecule has 0 spiro atoms. The Bertz CT molecular complexity index is 1230. The number of furan rings is 1. The van der Waals surface area contributed by atoms with E-state index in [2.05, 4.69) is 15.5 Å². The third-order valence-electron chi connectivity index (χ3n) is 4.53. The lowest BCUT2D eigenvalue weighted by atomic mass is 10.3. The number of amides is 1. The summed E-state index contributed by atoms with van der Waals surface area (Å²) < 4.78 is 14.6. The minimum absolute atomic E-state index is 0.173. The number of carbonyl (C=O) groups is 1. The van der Waals surface area contributed by atoms with Crippen molar-refractivity contribution >= 4 is 34.8 Å². The summed E-state index contributed by atoms with van der Waals surface area (Å²) in [7, 11) is 0. The summed E-state index contributed by atoms with van der Waals surface area (Å²) in [6.45, 7) is 4.28. The minimum Gasteiger partial charge on any atom is -0.471 e. The molecule has 0 saturated carbocycles. The molecule has 0 bridgehead atoms. The first-order valence-corrected chi connectivity index (χ1v) is 10.1. The number of nitrogens with zero attached hydrogens (tertiary/aromatic N) is 4. The van der Waals surface area contributed by atoms with Gasteiger partial charge in [0.15, 0.2) is 12.5 Å². The quantitative estimate of drug-likeness (QED) is 0.423. The average Bonchev–Trinajstić information content (AvgIpc) is 3.45. The second-order valence-corrected chi connectivity index (χ2v) is 7.68. The van der Waals surface area contributed by atoms with E-state index in [4.69, 9.17) is 32.4 Å². The fraction of sp³-hybridized carbons (Fsp3) is 0.190. The predicted octanol–water partition coefficient (Wildman–Crippen LogP) is 4.93. The maximum Gasteiger partial charge on any atom is 0.291 e. The lowest BCUT2D eigenvalue weighted by Crippen LogP contribution is -2.10. The van der Waals surface area contributed by atoms with Crippen molar-refractivity contribution in [1.29, 1.82) is 0 Å². The molecule has 4 aromatic rings. The Morgan fingerprint density at radius 1 is 1.23 bits per heavy atom. The monoisotopic (exact) mass is 459 g/mol. The van der Waals surface area contributed by atoms with E-state index in [9.17, 15) is 4.79 Å². The van der Waals surface area contributed by atoms with Crippen LogP contribution in [-0.2, 0) is 13.3 Å². The number of hydrogen-bond acceptors (Lipinski definition) is 5. The first-order chi connectivity index (χ1) is 14.9. The molecule has 4 rings (SSSR count). The minimum atomic E-state index is -0.382. The van der Waals surface area contributed by atoms with Crippen molar-refractivity contribution in [2.45, 2.75) is 27.1 Å². The summed E-state index contributed by atoms with van der Waals surface area (Å²) in [6, 6.07) is 10.4. The summed E-state index contributed by atoms with van der Waals surface area (Å²) in [4.78, 5) is 12.5. The zero-order valence-electron chi connectivity index (χ0n) is 16.8. The van der Waals surface area contributed by atoms with E-state index in [-0.39, 0.29) is 18.4 Å². The second-order valence-electron chi connectivity index (χ2n) is 6.86. The first-order valence-electron chi connectivity index (χ1n) is 9.39. The highest BCUT2D eigenvalue weighted by atomic mass is 35.5. The fourth-order valence-corrected chi connectivity index (χ4v) is 3.27. The zero-order valence-corrected chi connectivity index (χ0v) is 18.3. The second kappa shape index (κ2) is 8.87. The molecular formula is C21H19Cl2N5O3. The number of aromatic nitrogens is 4. The Morgan fingerprint density at radius 2 is 2.06 bits per heavy atom. The van der Waals surface area contributed by atoms with Crippen molar-refractivity contribution in [3.63, 3.8) is 0 Å². The van der Waals surface area contributed by atoms with Crippen molar-refractivity contribution in [2.75, 3.05) is 5.32 Å².